The third kappa shape index (κ3) is 8.00. The lowest BCUT2D eigenvalue weighted by Gasteiger charge is -2.15. The average Bonchev–Trinajstić information content (AvgIpc) is 2.84. The Kier molecular flexibility index (Phi) is 10.2. The molecule has 0 radical (unpaired) electrons. The minimum atomic E-state index is -0.910. The van der Waals surface area contributed by atoms with Gasteiger partial charge in [0.1, 0.15) is 18.1 Å². The van der Waals surface area contributed by atoms with Crippen LogP contribution in [0.4, 0.5) is 4.79 Å². The molecular formula is C25H32N2O7. The Labute approximate surface area is 199 Å². The fourth-order valence-electron chi connectivity index (χ4n) is 2.84. The van der Waals surface area contributed by atoms with Gasteiger partial charge in [0, 0.05) is 6.07 Å². The molecule has 2 aromatic rings. The first kappa shape index (κ1) is 26.5. The highest BCUT2D eigenvalue weighted by Crippen LogP contribution is 2.30. The van der Waals surface area contributed by atoms with Gasteiger partial charge in [0.2, 0.25) is 5.91 Å². The lowest BCUT2D eigenvalue weighted by atomic mass is 10.1. The zero-order chi connectivity index (χ0) is 25.1. The molecule has 0 aliphatic heterocycles. The van der Waals surface area contributed by atoms with Crippen LogP contribution in [0.5, 0.6) is 23.0 Å². The topological polar surface area (TPSA) is 118 Å². The Bertz CT molecular complexity index is 983. The van der Waals surface area contributed by atoms with Crippen molar-refractivity contribution in [2.24, 2.45) is 11.7 Å². The molecule has 3 N–H and O–H groups in total. The van der Waals surface area contributed by atoms with Crippen LogP contribution in [0.25, 0.3) is 12.2 Å². The van der Waals surface area contributed by atoms with E-state index in [-0.39, 0.29) is 30.7 Å². The predicted octanol–water partition coefficient (Wildman–Crippen LogP) is 3.50. The summed E-state index contributed by atoms with van der Waals surface area (Å²) in [5.74, 6) is 1.64. The van der Waals surface area contributed by atoms with Gasteiger partial charge in [0.25, 0.3) is 0 Å². The summed E-state index contributed by atoms with van der Waals surface area (Å²) in [4.78, 5) is 23.8. The Morgan fingerprint density at radius 2 is 1.56 bits per heavy atom. The molecular weight excluding hydrogens is 440 g/mol. The molecule has 1 unspecified atom stereocenters. The van der Waals surface area contributed by atoms with Crippen molar-refractivity contribution >= 4 is 24.2 Å². The Balaban J connectivity index is 1.95. The van der Waals surface area contributed by atoms with E-state index < -0.39 is 12.2 Å². The van der Waals surface area contributed by atoms with Crippen molar-refractivity contribution in [3.05, 3.63) is 47.5 Å². The van der Waals surface area contributed by atoms with Gasteiger partial charge in [-0.15, -0.1) is 0 Å². The summed E-state index contributed by atoms with van der Waals surface area (Å²) >= 11 is 0. The SMILES string of the molecule is COc1cc(C=Cc2ccc(OC(=O)OCCNC(=O)C(N)C(C)C)c(OC)c2)cc(OC)c1. The summed E-state index contributed by atoms with van der Waals surface area (Å²) in [7, 11) is 4.66. The van der Waals surface area contributed by atoms with E-state index in [0.717, 1.165) is 11.1 Å². The van der Waals surface area contributed by atoms with Gasteiger partial charge in [0.05, 0.1) is 33.9 Å². The Morgan fingerprint density at radius 1 is 0.912 bits per heavy atom. The smallest absolute Gasteiger partial charge is 0.497 e. The van der Waals surface area contributed by atoms with Crippen LogP contribution in [-0.2, 0) is 9.53 Å². The molecule has 0 heterocycles. The van der Waals surface area contributed by atoms with Gasteiger partial charge in [-0.25, -0.2) is 4.79 Å². The van der Waals surface area contributed by atoms with Crippen LogP contribution in [-0.4, -0.2) is 52.6 Å². The van der Waals surface area contributed by atoms with Gasteiger partial charge in [-0.2, -0.15) is 0 Å². The van der Waals surface area contributed by atoms with Crippen LogP contribution >= 0.6 is 0 Å². The summed E-state index contributed by atoms with van der Waals surface area (Å²) < 4.78 is 26.1. The molecule has 0 fully saturated rings. The summed E-state index contributed by atoms with van der Waals surface area (Å²) in [6.07, 6.45) is 2.87. The molecule has 2 rings (SSSR count). The van der Waals surface area contributed by atoms with E-state index in [1.54, 1.807) is 38.5 Å². The number of benzene rings is 2. The second-order valence-electron chi connectivity index (χ2n) is 7.65. The first-order valence-corrected chi connectivity index (χ1v) is 10.7. The number of hydrogen-bond donors (Lipinski definition) is 2. The highest BCUT2D eigenvalue weighted by molar-refractivity contribution is 5.81. The fourth-order valence-corrected chi connectivity index (χ4v) is 2.84. The molecule has 0 aliphatic carbocycles. The van der Waals surface area contributed by atoms with Crippen molar-refractivity contribution in [2.75, 3.05) is 34.5 Å². The van der Waals surface area contributed by atoms with E-state index in [0.29, 0.717) is 17.2 Å². The monoisotopic (exact) mass is 472 g/mol. The van der Waals surface area contributed by atoms with E-state index in [9.17, 15) is 9.59 Å². The van der Waals surface area contributed by atoms with Crippen molar-refractivity contribution < 1.29 is 33.3 Å². The van der Waals surface area contributed by atoms with Gasteiger partial charge in [-0.05, 0) is 41.3 Å². The van der Waals surface area contributed by atoms with Crippen molar-refractivity contribution in [1.29, 1.82) is 0 Å². The van der Waals surface area contributed by atoms with E-state index in [4.69, 9.17) is 29.4 Å². The minimum Gasteiger partial charge on any atom is -0.497 e. The second-order valence-corrected chi connectivity index (χ2v) is 7.65. The quantitative estimate of drug-likeness (QED) is 0.221. The predicted molar refractivity (Wildman–Crippen MR) is 129 cm³/mol. The normalized spacial score (nSPS) is 11.7. The molecule has 2 aromatic carbocycles. The molecule has 34 heavy (non-hydrogen) atoms. The highest BCUT2D eigenvalue weighted by atomic mass is 16.7. The number of amides is 1. The average molecular weight is 473 g/mol. The zero-order valence-corrected chi connectivity index (χ0v) is 20.1. The number of rotatable bonds is 11. The maximum Gasteiger partial charge on any atom is 0.514 e. The van der Waals surface area contributed by atoms with Crippen molar-refractivity contribution in [1.82, 2.24) is 5.32 Å². The summed E-state index contributed by atoms with van der Waals surface area (Å²) in [5.41, 5.74) is 7.47. The molecule has 184 valence electrons. The van der Waals surface area contributed by atoms with Crippen LogP contribution < -0.4 is 30.0 Å². The molecule has 0 bridgehead atoms. The third-order valence-corrected chi connectivity index (χ3v) is 4.87. The Hall–Kier alpha value is -3.72. The lowest BCUT2D eigenvalue weighted by Crippen LogP contribution is -2.45. The number of hydrogen-bond acceptors (Lipinski definition) is 8. The van der Waals surface area contributed by atoms with Gasteiger partial charge in [0.15, 0.2) is 11.5 Å². The van der Waals surface area contributed by atoms with Gasteiger partial charge in [-0.1, -0.05) is 32.1 Å². The van der Waals surface area contributed by atoms with Gasteiger partial charge >= 0.3 is 6.16 Å². The van der Waals surface area contributed by atoms with E-state index in [2.05, 4.69) is 5.32 Å². The third-order valence-electron chi connectivity index (χ3n) is 4.87. The maximum atomic E-state index is 12.0. The van der Waals surface area contributed by atoms with Gasteiger partial charge < -0.3 is 34.7 Å². The number of nitrogens with two attached hydrogens (primary N) is 1. The number of methoxy groups -OCH3 is 3. The molecule has 0 spiro atoms. The van der Waals surface area contributed by atoms with Crippen LogP contribution in [0.3, 0.4) is 0 Å². The molecule has 0 saturated heterocycles. The lowest BCUT2D eigenvalue weighted by molar-refractivity contribution is -0.123. The van der Waals surface area contributed by atoms with E-state index in [1.165, 1.54) is 7.11 Å². The largest absolute Gasteiger partial charge is 0.514 e. The molecule has 1 atom stereocenters. The second kappa shape index (κ2) is 13.1. The number of nitrogens with one attached hydrogen (secondary N) is 1. The first-order valence-electron chi connectivity index (χ1n) is 10.7. The van der Waals surface area contributed by atoms with E-state index >= 15 is 0 Å². The molecule has 9 nitrogen and oxygen atoms in total. The molecule has 0 aromatic heterocycles. The molecule has 1 amide bonds. The molecule has 0 saturated carbocycles. The van der Waals surface area contributed by atoms with Crippen LogP contribution in [0, 0.1) is 5.92 Å². The number of carbonyl (C=O) groups is 2. The van der Waals surface area contributed by atoms with Crippen molar-refractivity contribution in [2.45, 2.75) is 19.9 Å². The molecule has 9 heteroatoms. The van der Waals surface area contributed by atoms with Crippen LogP contribution in [0.15, 0.2) is 36.4 Å². The number of ether oxygens (including phenoxy) is 5. The minimum absolute atomic E-state index is 0.00881. The fraction of sp³-hybridized carbons (Fsp3) is 0.360. The van der Waals surface area contributed by atoms with Crippen molar-refractivity contribution in [3.63, 3.8) is 0 Å². The highest BCUT2D eigenvalue weighted by Gasteiger charge is 2.17. The zero-order valence-electron chi connectivity index (χ0n) is 20.1. The van der Waals surface area contributed by atoms with Crippen molar-refractivity contribution in [3.8, 4) is 23.0 Å². The Morgan fingerprint density at radius 3 is 2.15 bits per heavy atom. The summed E-state index contributed by atoms with van der Waals surface area (Å²) in [5, 5.41) is 2.61. The standard InChI is InChI=1S/C25H32N2O7/c1-16(2)23(26)24(28)27-10-11-33-25(29)34-21-9-8-17(14-22(21)32-5)6-7-18-12-19(30-3)15-20(13-18)31-4/h6-9,12-16,23H,10-11,26H2,1-5H3,(H,27,28). The first-order chi connectivity index (χ1) is 16.3. The van der Waals surface area contributed by atoms with Crippen LogP contribution in [0.2, 0.25) is 0 Å². The van der Waals surface area contributed by atoms with Crippen LogP contribution in [0.1, 0.15) is 25.0 Å². The number of carbonyl (C=O) groups excluding carboxylic acids is 2. The summed E-state index contributed by atoms with van der Waals surface area (Å²) in [6.45, 7) is 3.78. The maximum absolute atomic E-state index is 12.0. The summed E-state index contributed by atoms with van der Waals surface area (Å²) in [6, 6.07) is 10.0. The van der Waals surface area contributed by atoms with E-state index in [1.807, 2.05) is 38.1 Å². The van der Waals surface area contributed by atoms with Gasteiger partial charge in [-0.3, -0.25) is 4.79 Å². The molecule has 0 aliphatic rings.